The molecule has 0 saturated carbocycles. The van der Waals surface area contributed by atoms with Gasteiger partial charge in [0, 0.05) is 0 Å². The predicted octanol–water partition coefficient (Wildman–Crippen LogP) is 1.89. The first-order chi connectivity index (χ1) is 14.4. The molecule has 1 spiro atoms. The van der Waals surface area contributed by atoms with Crippen molar-refractivity contribution >= 4 is 23.9 Å². The largest absolute Gasteiger partial charge is 0.463 e. The SMILES string of the molecule is COC(=O)c1ccc(COC(=O)CN2C(=O)NC3(CCCc4ccccc43)C2=O)o1. The highest BCUT2D eigenvalue weighted by Crippen LogP contribution is 2.39. The Morgan fingerprint density at radius 1 is 1.20 bits per heavy atom. The van der Waals surface area contributed by atoms with Crippen LogP contribution in [0.5, 0.6) is 0 Å². The molecule has 2 heterocycles. The summed E-state index contributed by atoms with van der Waals surface area (Å²) in [6, 6.07) is 9.75. The number of rotatable bonds is 5. The highest BCUT2D eigenvalue weighted by molar-refractivity contribution is 6.09. The molecule has 9 nitrogen and oxygen atoms in total. The summed E-state index contributed by atoms with van der Waals surface area (Å²) < 4.78 is 14.9. The molecule has 1 unspecified atom stereocenters. The lowest BCUT2D eigenvalue weighted by atomic mass is 9.76. The van der Waals surface area contributed by atoms with Gasteiger partial charge < -0.3 is 19.2 Å². The number of esters is 2. The molecular formula is C21H20N2O7. The summed E-state index contributed by atoms with van der Waals surface area (Å²) >= 11 is 0. The maximum absolute atomic E-state index is 13.1. The molecule has 2 aliphatic rings. The van der Waals surface area contributed by atoms with Crippen LogP contribution in [0.2, 0.25) is 0 Å². The van der Waals surface area contributed by atoms with Gasteiger partial charge in [0.05, 0.1) is 7.11 Å². The topological polar surface area (TPSA) is 115 Å². The van der Waals surface area contributed by atoms with Crippen molar-refractivity contribution in [3.05, 3.63) is 59.0 Å². The molecule has 1 aromatic heterocycles. The standard InChI is InChI=1S/C21H20N2O7/c1-28-18(25)16-9-8-14(30-16)12-29-17(24)11-23-19(26)21(22-20(23)27)10-4-6-13-5-2-3-7-15(13)21/h2-3,5,7-9H,4,6,10-12H2,1H3,(H,22,27). The summed E-state index contributed by atoms with van der Waals surface area (Å²) in [5.74, 6) is -1.66. The van der Waals surface area contributed by atoms with Crippen molar-refractivity contribution in [2.24, 2.45) is 0 Å². The molecule has 1 N–H and O–H groups in total. The van der Waals surface area contributed by atoms with Crippen LogP contribution >= 0.6 is 0 Å². The number of urea groups is 1. The molecule has 9 heteroatoms. The number of benzene rings is 1. The number of nitrogens with one attached hydrogen (secondary N) is 1. The minimum atomic E-state index is -1.14. The molecule has 1 aromatic carbocycles. The van der Waals surface area contributed by atoms with E-state index < -0.39 is 36.0 Å². The van der Waals surface area contributed by atoms with Gasteiger partial charge in [0.1, 0.15) is 24.5 Å². The van der Waals surface area contributed by atoms with E-state index in [4.69, 9.17) is 9.15 Å². The fraction of sp³-hybridized carbons (Fsp3) is 0.333. The van der Waals surface area contributed by atoms with E-state index in [1.54, 1.807) is 0 Å². The second-order valence-corrected chi connectivity index (χ2v) is 7.16. The first kappa shape index (κ1) is 19.7. The number of aryl methyl sites for hydroxylation is 1. The van der Waals surface area contributed by atoms with Crippen molar-refractivity contribution in [2.45, 2.75) is 31.4 Å². The van der Waals surface area contributed by atoms with Crippen LogP contribution in [0, 0.1) is 0 Å². The summed E-state index contributed by atoms with van der Waals surface area (Å²) in [4.78, 5) is 50.2. The number of fused-ring (bicyclic) bond motifs is 2. The highest BCUT2D eigenvalue weighted by Gasteiger charge is 2.54. The van der Waals surface area contributed by atoms with Crippen LogP contribution < -0.4 is 5.32 Å². The lowest BCUT2D eigenvalue weighted by Gasteiger charge is -2.33. The van der Waals surface area contributed by atoms with Crippen molar-refractivity contribution in [3.8, 4) is 0 Å². The first-order valence-corrected chi connectivity index (χ1v) is 9.50. The Bertz CT molecular complexity index is 1030. The van der Waals surface area contributed by atoms with Crippen LogP contribution in [0.1, 0.15) is 40.3 Å². The van der Waals surface area contributed by atoms with Gasteiger partial charge in [0.25, 0.3) is 5.91 Å². The number of hydrogen-bond acceptors (Lipinski definition) is 7. The van der Waals surface area contributed by atoms with Crippen LogP contribution in [0.25, 0.3) is 0 Å². The van der Waals surface area contributed by atoms with E-state index in [1.165, 1.54) is 19.2 Å². The minimum absolute atomic E-state index is 0.0180. The maximum Gasteiger partial charge on any atom is 0.373 e. The van der Waals surface area contributed by atoms with Crippen molar-refractivity contribution in [1.29, 1.82) is 0 Å². The monoisotopic (exact) mass is 412 g/mol. The van der Waals surface area contributed by atoms with Gasteiger partial charge in [0.2, 0.25) is 5.76 Å². The number of imide groups is 1. The van der Waals surface area contributed by atoms with Gasteiger partial charge in [0.15, 0.2) is 0 Å². The van der Waals surface area contributed by atoms with Crippen LogP contribution in [-0.2, 0) is 37.6 Å². The molecule has 0 bridgehead atoms. The van der Waals surface area contributed by atoms with E-state index in [0.29, 0.717) is 6.42 Å². The van der Waals surface area contributed by atoms with Crippen LogP contribution in [0.3, 0.4) is 0 Å². The van der Waals surface area contributed by atoms with Gasteiger partial charge in [-0.3, -0.25) is 14.5 Å². The van der Waals surface area contributed by atoms with Gasteiger partial charge in [-0.15, -0.1) is 0 Å². The minimum Gasteiger partial charge on any atom is -0.463 e. The zero-order chi connectivity index (χ0) is 21.3. The normalized spacial score (nSPS) is 20.1. The third kappa shape index (κ3) is 3.32. The van der Waals surface area contributed by atoms with E-state index in [2.05, 4.69) is 10.1 Å². The van der Waals surface area contributed by atoms with Crippen molar-refractivity contribution < 1.29 is 33.1 Å². The Morgan fingerprint density at radius 2 is 2.00 bits per heavy atom. The Morgan fingerprint density at radius 3 is 2.80 bits per heavy atom. The van der Waals surface area contributed by atoms with E-state index in [1.807, 2.05) is 24.3 Å². The summed E-state index contributed by atoms with van der Waals surface area (Å²) in [6.07, 6.45) is 2.06. The second kappa shape index (κ2) is 7.66. The number of furan rings is 1. The number of methoxy groups -OCH3 is 1. The molecule has 156 valence electrons. The number of ether oxygens (including phenoxy) is 2. The number of nitrogens with zero attached hydrogens (tertiary/aromatic N) is 1. The van der Waals surface area contributed by atoms with E-state index in [0.717, 1.165) is 28.9 Å². The molecule has 1 saturated heterocycles. The molecule has 4 rings (SSSR count). The molecule has 1 aliphatic carbocycles. The van der Waals surface area contributed by atoms with Gasteiger partial charge in [-0.25, -0.2) is 9.59 Å². The Kier molecular flexibility index (Phi) is 5.03. The molecular weight excluding hydrogens is 392 g/mol. The first-order valence-electron chi connectivity index (χ1n) is 9.50. The van der Waals surface area contributed by atoms with Crippen LogP contribution in [0.4, 0.5) is 4.79 Å². The van der Waals surface area contributed by atoms with Crippen molar-refractivity contribution in [3.63, 3.8) is 0 Å². The predicted molar refractivity (Wildman–Crippen MR) is 101 cm³/mol. The number of carbonyl (C=O) groups excluding carboxylic acids is 4. The van der Waals surface area contributed by atoms with E-state index >= 15 is 0 Å². The summed E-state index contributed by atoms with van der Waals surface area (Å²) in [6.45, 7) is -0.757. The number of hydrogen-bond donors (Lipinski definition) is 1. The molecule has 3 amide bonds. The molecule has 1 atom stereocenters. The molecule has 1 aliphatic heterocycles. The van der Waals surface area contributed by atoms with E-state index in [9.17, 15) is 19.2 Å². The smallest absolute Gasteiger partial charge is 0.373 e. The number of carbonyl (C=O) groups is 4. The Balaban J connectivity index is 1.42. The van der Waals surface area contributed by atoms with E-state index in [-0.39, 0.29) is 18.1 Å². The zero-order valence-electron chi connectivity index (χ0n) is 16.3. The fourth-order valence-corrected chi connectivity index (χ4v) is 3.95. The lowest BCUT2D eigenvalue weighted by Crippen LogP contribution is -2.46. The lowest BCUT2D eigenvalue weighted by molar-refractivity contribution is -0.149. The van der Waals surface area contributed by atoms with Crippen LogP contribution in [-0.4, -0.2) is 42.4 Å². The summed E-state index contributed by atoms with van der Waals surface area (Å²) in [5, 5.41) is 2.79. The van der Waals surface area contributed by atoms with Crippen molar-refractivity contribution in [1.82, 2.24) is 10.2 Å². The van der Waals surface area contributed by atoms with Crippen LogP contribution in [0.15, 0.2) is 40.8 Å². The Labute approximate surface area is 171 Å². The van der Waals surface area contributed by atoms with Crippen molar-refractivity contribution in [2.75, 3.05) is 13.7 Å². The summed E-state index contributed by atoms with van der Waals surface area (Å²) in [7, 11) is 1.22. The molecule has 1 fully saturated rings. The Hall–Kier alpha value is -3.62. The molecule has 2 aromatic rings. The third-order valence-corrected chi connectivity index (χ3v) is 5.36. The van der Waals surface area contributed by atoms with Gasteiger partial charge in [-0.1, -0.05) is 24.3 Å². The maximum atomic E-state index is 13.1. The fourth-order valence-electron chi connectivity index (χ4n) is 3.95. The van der Waals surface area contributed by atoms with Gasteiger partial charge in [-0.05, 0) is 42.5 Å². The third-order valence-electron chi connectivity index (χ3n) is 5.36. The highest BCUT2D eigenvalue weighted by atomic mass is 16.6. The average molecular weight is 412 g/mol. The number of amides is 3. The van der Waals surface area contributed by atoms with Gasteiger partial charge >= 0.3 is 18.0 Å². The zero-order valence-corrected chi connectivity index (χ0v) is 16.3. The van der Waals surface area contributed by atoms with Gasteiger partial charge in [-0.2, -0.15) is 0 Å². The second-order valence-electron chi connectivity index (χ2n) is 7.16. The summed E-state index contributed by atoms with van der Waals surface area (Å²) in [5.41, 5.74) is 0.653. The molecule has 30 heavy (non-hydrogen) atoms. The quantitative estimate of drug-likeness (QED) is 0.589. The average Bonchev–Trinajstić information content (AvgIpc) is 3.32. The molecule has 0 radical (unpaired) electrons.